The van der Waals surface area contributed by atoms with Gasteiger partial charge in [-0.1, -0.05) is 18.2 Å². The van der Waals surface area contributed by atoms with E-state index in [0.29, 0.717) is 17.1 Å². The van der Waals surface area contributed by atoms with Gasteiger partial charge in [0, 0.05) is 15.6 Å². The molecule has 1 unspecified atom stereocenters. The maximum atomic E-state index is 12.3. The van der Waals surface area contributed by atoms with Crippen LogP contribution in [0.2, 0.25) is 0 Å². The van der Waals surface area contributed by atoms with Gasteiger partial charge in [-0.15, -0.1) is 0 Å². The molecule has 0 aliphatic heterocycles. The summed E-state index contributed by atoms with van der Waals surface area (Å²) in [7, 11) is 1.48. The lowest BCUT2D eigenvalue weighted by molar-refractivity contribution is -0.134. The van der Waals surface area contributed by atoms with E-state index in [0.717, 1.165) is 3.57 Å². The molecule has 0 aromatic heterocycles. The maximum Gasteiger partial charge on any atom is 0.311 e. The second kappa shape index (κ2) is 8.81. The number of carbonyl (C=O) groups is 2. The van der Waals surface area contributed by atoms with Gasteiger partial charge in [0.25, 0.3) is 0 Å². The highest BCUT2D eigenvalue weighted by atomic mass is 127. The van der Waals surface area contributed by atoms with Gasteiger partial charge in [0.2, 0.25) is 0 Å². The highest BCUT2D eigenvalue weighted by Gasteiger charge is 2.40. The van der Waals surface area contributed by atoms with Gasteiger partial charge in [-0.25, -0.2) is 0 Å². The number of benzene rings is 2. The van der Waals surface area contributed by atoms with Crippen molar-refractivity contribution in [1.29, 1.82) is 5.26 Å². The second-order valence-corrected chi connectivity index (χ2v) is 6.95. The summed E-state index contributed by atoms with van der Waals surface area (Å²) in [6.45, 7) is 1.35. The van der Waals surface area contributed by atoms with Crippen molar-refractivity contribution >= 4 is 34.3 Å². The summed E-state index contributed by atoms with van der Waals surface area (Å²) >= 11 is 2.16. The standard InChI is InChI=1S/C20H18INO4/c1-14(23)20(13-22,17-5-3-4-6-18(17)25-2)12-11-19(24)26-16-9-7-15(21)8-10-16/h3-10H,11-12H2,1-2H3. The minimum Gasteiger partial charge on any atom is -0.496 e. The summed E-state index contributed by atoms with van der Waals surface area (Å²) in [5.74, 6) is 0.0295. The molecule has 2 rings (SSSR count). The molecule has 0 aliphatic rings. The summed E-state index contributed by atoms with van der Waals surface area (Å²) in [5, 5.41) is 9.77. The van der Waals surface area contributed by atoms with Crippen molar-refractivity contribution in [2.45, 2.75) is 25.2 Å². The molecule has 134 valence electrons. The first-order valence-electron chi connectivity index (χ1n) is 7.95. The average molecular weight is 463 g/mol. The molecule has 0 bridgehead atoms. The third kappa shape index (κ3) is 4.41. The van der Waals surface area contributed by atoms with Gasteiger partial charge in [0.1, 0.15) is 16.9 Å². The lowest BCUT2D eigenvalue weighted by Gasteiger charge is -2.25. The second-order valence-electron chi connectivity index (χ2n) is 5.70. The topological polar surface area (TPSA) is 76.4 Å². The third-order valence-electron chi connectivity index (χ3n) is 4.11. The lowest BCUT2D eigenvalue weighted by Crippen LogP contribution is -2.34. The van der Waals surface area contributed by atoms with Crippen LogP contribution < -0.4 is 9.47 Å². The van der Waals surface area contributed by atoms with Crippen LogP contribution in [-0.2, 0) is 15.0 Å². The Kier molecular flexibility index (Phi) is 6.75. The molecule has 1 atom stereocenters. The summed E-state index contributed by atoms with van der Waals surface area (Å²) in [4.78, 5) is 24.5. The number of esters is 1. The Morgan fingerprint density at radius 3 is 2.38 bits per heavy atom. The molecular weight excluding hydrogens is 445 g/mol. The molecule has 0 heterocycles. The molecule has 0 fully saturated rings. The number of hydrogen-bond acceptors (Lipinski definition) is 5. The van der Waals surface area contributed by atoms with E-state index in [2.05, 4.69) is 28.7 Å². The van der Waals surface area contributed by atoms with Crippen molar-refractivity contribution in [3.8, 4) is 17.6 Å². The summed E-state index contributed by atoms with van der Waals surface area (Å²) in [6.07, 6.45) is -0.0560. The summed E-state index contributed by atoms with van der Waals surface area (Å²) in [6, 6.07) is 16.0. The highest BCUT2D eigenvalue weighted by Crippen LogP contribution is 2.36. The van der Waals surface area contributed by atoms with E-state index >= 15 is 0 Å². The zero-order chi connectivity index (χ0) is 19.2. The van der Waals surface area contributed by atoms with Gasteiger partial charge < -0.3 is 9.47 Å². The predicted molar refractivity (Wildman–Crippen MR) is 105 cm³/mol. The average Bonchev–Trinajstić information content (AvgIpc) is 2.64. The van der Waals surface area contributed by atoms with E-state index in [1.165, 1.54) is 14.0 Å². The Morgan fingerprint density at radius 2 is 1.81 bits per heavy atom. The van der Waals surface area contributed by atoms with Crippen LogP contribution in [0.5, 0.6) is 11.5 Å². The molecule has 0 amide bonds. The minimum absolute atomic E-state index is 0.0163. The fourth-order valence-electron chi connectivity index (χ4n) is 2.67. The molecule has 0 N–H and O–H groups in total. The van der Waals surface area contributed by atoms with Crippen LogP contribution in [0.3, 0.4) is 0 Å². The number of nitrogens with zero attached hydrogens (tertiary/aromatic N) is 1. The van der Waals surface area contributed by atoms with Crippen LogP contribution in [0.1, 0.15) is 25.3 Å². The largest absolute Gasteiger partial charge is 0.496 e. The quantitative estimate of drug-likeness (QED) is 0.352. The van der Waals surface area contributed by atoms with Gasteiger partial charge in [-0.3, -0.25) is 9.59 Å². The van der Waals surface area contributed by atoms with Crippen molar-refractivity contribution in [2.75, 3.05) is 7.11 Å². The third-order valence-corrected chi connectivity index (χ3v) is 4.83. The number of carbonyl (C=O) groups excluding carboxylic acids is 2. The van der Waals surface area contributed by atoms with Crippen molar-refractivity contribution in [3.63, 3.8) is 0 Å². The van der Waals surface area contributed by atoms with E-state index in [1.54, 1.807) is 36.4 Å². The normalized spacial score (nSPS) is 12.5. The molecule has 0 spiro atoms. The van der Waals surface area contributed by atoms with E-state index < -0.39 is 11.4 Å². The number of hydrogen-bond donors (Lipinski definition) is 0. The highest BCUT2D eigenvalue weighted by molar-refractivity contribution is 14.1. The van der Waals surface area contributed by atoms with E-state index in [4.69, 9.17) is 9.47 Å². The zero-order valence-electron chi connectivity index (χ0n) is 14.5. The first kappa shape index (κ1) is 19.9. The number of Topliss-reactive ketones (excluding diaryl/α,β-unsaturated/α-hetero) is 1. The fourth-order valence-corrected chi connectivity index (χ4v) is 3.03. The number of para-hydroxylation sites is 1. The Bertz CT molecular complexity index is 842. The minimum atomic E-state index is -1.46. The Balaban J connectivity index is 2.21. The first-order chi connectivity index (χ1) is 12.4. The Hall–Kier alpha value is -2.40. The van der Waals surface area contributed by atoms with Crippen LogP contribution in [0.25, 0.3) is 0 Å². The number of ketones is 1. The number of ether oxygens (including phenoxy) is 2. The molecule has 0 saturated heterocycles. The molecule has 2 aromatic rings. The predicted octanol–water partition coefficient (Wildman–Crippen LogP) is 4.04. The van der Waals surface area contributed by atoms with Gasteiger partial charge in [0.15, 0.2) is 5.78 Å². The monoisotopic (exact) mass is 463 g/mol. The SMILES string of the molecule is COc1ccccc1C(C#N)(CCC(=O)Oc1ccc(I)cc1)C(C)=O. The smallest absolute Gasteiger partial charge is 0.311 e. The van der Waals surface area contributed by atoms with Crippen LogP contribution in [0, 0.1) is 14.9 Å². The summed E-state index contributed by atoms with van der Waals surface area (Å²) < 4.78 is 11.6. The zero-order valence-corrected chi connectivity index (χ0v) is 16.6. The van der Waals surface area contributed by atoms with E-state index in [9.17, 15) is 14.9 Å². The molecule has 2 aromatic carbocycles. The van der Waals surface area contributed by atoms with Crippen molar-refractivity contribution in [3.05, 3.63) is 57.7 Å². The number of halogens is 1. The maximum absolute atomic E-state index is 12.3. The van der Waals surface area contributed by atoms with Gasteiger partial charge in [-0.05, 0) is 66.3 Å². The van der Waals surface area contributed by atoms with Gasteiger partial charge in [0.05, 0.1) is 13.2 Å². The van der Waals surface area contributed by atoms with Gasteiger partial charge >= 0.3 is 5.97 Å². The molecule has 0 radical (unpaired) electrons. The summed E-state index contributed by atoms with van der Waals surface area (Å²) in [5.41, 5.74) is -1.00. The molecule has 5 nitrogen and oxygen atoms in total. The molecule has 6 heteroatoms. The Labute approximate surface area is 166 Å². The van der Waals surface area contributed by atoms with Crippen LogP contribution in [-0.4, -0.2) is 18.9 Å². The van der Waals surface area contributed by atoms with E-state index in [1.807, 2.05) is 12.1 Å². The first-order valence-corrected chi connectivity index (χ1v) is 9.03. The van der Waals surface area contributed by atoms with Crippen LogP contribution >= 0.6 is 22.6 Å². The number of nitriles is 1. The lowest BCUT2D eigenvalue weighted by atomic mass is 9.74. The Morgan fingerprint density at radius 1 is 1.15 bits per heavy atom. The van der Waals surface area contributed by atoms with Crippen molar-refractivity contribution in [1.82, 2.24) is 0 Å². The molecule has 26 heavy (non-hydrogen) atoms. The van der Waals surface area contributed by atoms with Crippen LogP contribution in [0.4, 0.5) is 0 Å². The fraction of sp³-hybridized carbons (Fsp3) is 0.250. The van der Waals surface area contributed by atoms with Gasteiger partial charge in [-0.2, -0.15) is 5.26 Å². The van der Waals surface area contributed by atoms with Crippen molar-refractivity contribution in [2.24, 2.45) is 0 Å². The molecule has 0 aliphatic carbocycles. The molecule has 0 saturated carbocycles. The van der Waals surface area contributed by atoms with Crippen LogP contribution in [0.15, 0.2) is 48.5 Å². The number of rotatable bonds is 7. The van der Waals surface area contributed by atoms with E-state index in [-0.39, 0.29) is 18.6 Å². The van der Waals surface area contributed by atoms with Crippen molar-refractivity contribution < 1.29 is 19.1 Å². The number of methoxy groups -OCH3 is 1. The molecular formula is C20H18INO4.